The van der Waals surface area contributed by atoms with E-state index in [4.69, 9.17) is 17.3 Å². The maximum Gasteiger partial charge on any atom is 0.224 e. The summed E-state index contributed by atoms with van der Waals surface area (Å²) in [6.07, 6.45) is 3.16. The number of guanidine groups is 1. The van der Waals surface area contributed by atoms with E-state index in [1.165, 1.54) is 0 Å². The molecule has 0 unspecified atom stereocenters. The number of hydrogen-bond donors (Lipinski definition) is 4. The van der Waals surface area contributed by atoms with Crippen molar-refractivity contribution in [3.63, 3.8) is 0 Å². The average molecular weight is 508 g/mol. The van der Waals surface area contributed by atoms with Crippen LogP contribution in [-0.2, 0) is 4.79 Å². The number of imidazole rings is 1. The van der Waals surface area contributed by atoms with Gasteiger partial charge in [-0.25, -0.2) is 18.8 Å². The molecular formula is C23H28ClF2N7O2. The second-order valence-electron chi connectivity index (χ2n) is 9.05. The summed E-state index contributed by atoms with van der Waals surface area (Å²) in [5.41, 5.74) is 5.62. The Bertz CT molecular complexity index is 1130. The van der Waals surface area contributed by atoms with Gasteiger partial charge >= 0.3 is 0 Å². The summed E-state index contributed by atoms with van der Waals surface area (Å²) in [5, 5.41) is 15.4. The Morgan fingerprint density at radius 3 is 2.43 bits per heavy atom. The monoisotopic (exact) mass is 507 g/mol. The zero-order valence-corrected chi connectivity index (χ0v) is 20.0. The average Bonchev–Trinajstić information content (AvgIpc) is 3.09. The van der Waals surface area contributed by atoms with Crippen molar-refractivity contribution in [2.45, 2.75) is 63.6 Å². The predicted octanol–water partition coefficient (Wildman–Crippen LogP) is 3.88. The fourth-order valence-electron chi connectivity index (χ4n) is 4.60. The number of aryl methyl sites for hydroxylation is 1. The van der Waals surface area contributed by atoms with Gasteiger partial charge in [-0.2, -0.15) is 4.99 Å². The number of aliphatic imine (C=N–C) groups is 2. The van der Waals surface area contributed by atoms with Crippen LogP contribution in [0.15, 0.2) is 22.1 Å². The summed E-state index contributed by atoms with van der Waals surface area (Å²) in [6, 6.07) is 1.90. The summed E-state index contributed by atoms with van der Waals surface area (Å²) in [7, 11) is 0. The predicted molar refractivity (Wildman–Crippen MR) is 131 cm³/mol. The van der Waals surface area contributed by atoms with Gasteiger partial charge in [0.2, 0.25) is 17.8 Å². The second kappa shape index (κ2) is 10.3. The van der Waals surface area contributed by atoms with Gasteiger partial charge in [-0.3, -0.25) is 9.36 Å². The van der Waals surface area contributed by atoms with Crippen molar-refractivity contribution in [2.75, 3.05) is 5.32 Å². The first-order valence-corrected chi connectivity index (χ1v) is 11.8. The van der Waals surface area contributed by atoms with Crippen LogP contribution >= 0.6 is 11.6 Å². The van der Waals surface area contributed by atoms with Crippen molar-refractivity contribution >= 4 is 47.6 Å². The molecule has 5 N–H and O–H groups in total. The van der Waals surface area contributed by atoms with E-state index in [9.17, 15) is 18.7 Å². The third-order valence-corrected chi connectivity index (χ3v) is 6.79. The standard InChI is InChI=1S/C23H28ClF2N7O2/c1-11-21(32-22(28-2)30-14-9-16(34)10-14)33(15-5-3-12(4-6-15)20(27)35)23(29-11)31-19-17(25)7-13(24)8-18(19)26/h7-8,12,14-16,34H,2-6,9-10H2,1H3,(H2,27,35)(H,29,31)(H,30,32)/t12-,14-,15+,16+. The topological polar surface area (TPSA) is 130 Å². The molecule has 0 aliphatic heterocycles. The van der Waals surface area contributed by atoms with Crippen molar-refractivity contribution in [1.82, 2.24) is 14.9 Å². The van der Waals surface area contributed by atoms with Crippen LogP contribution in [0, 0.1) is 24.5 Å². The number of aliphatic hydroxyl groups excluding tert-OH is 1. The Labute approximate surface area is 206 Å². The van der Waals surface area contributed by atoms with Gasteiger partial charge < -0.3 is 21.5 Å². The molecule has 2 aromatic rings. The number of carbonyl (C=O) groups is 1. The number of benzene rings is 1. The molecule has 0 atom stereocenters. The van der Waals surface area contributed by atoms with E-state index in [0.717, 1.165) is 12.1 Å². The molecule has 0 spiro atoms. The molecule has 35 heavy (non-hydrogen) atoms. The first kappa shape index (κ1) is 25.1. The lowest BCUT2D eigenvalue weighted by atomic mass is 9.85. The first-order valence-electron chi connectivity index (χ1n) is 11.5. The van der Waals surface area contributed by atoms with Crippen LogP contribution in [0.25, 0.3) is 0 Å². The smallest absolute Gasteiger partial charge is 0.224 e. The maximum atomic E-state index is 14.5. The number of nitrogens with one attached hydrogen (secondary N) is 2. The number of nitrogens with two attached hydrogens (primary N) is 1. The molecule has 2 aliphatic carbocycles. The minimum absolute atomic E-state index is 0.0202. The van der Waals surface area contributed by atoms with E-state index >= 15 is 0 Å². The van der Waals surface area contributed by atoms with Crippen molar-refractivity contribution in [3.8, 4) is 0 Å². The Balaban J connectivity index is 1.72. The second-order valence-corrected chi connectivity index (χ2v) is 9.49. The molecule has 9 nitrogen and oxygen atoms in total. The highest BCUT2D eigenvalue weighted by atomic mass is 35.5. The quantitative estimate of drug-likeness (QED) is 0.348. The van der Waals surface area contributed by atoms with E-state index in [2.05, 4.69) is 32.3 Å². The molecule has 0 bridgehead atoms. The van der Waals surface area contributed by atoms with Crippen LogP contribution in [0.1, 0.15) is 50.3 Å². The van der Waals surface area contributed by atoms with Crippen molar-refractivity contribution in [1.29, 1.82) is 0 Å². The number of primary amides is 1. The van der Waals surface area contributed by atoms with Crippen LogP contribution in [0.5, 0.6) is 0 Å². The molecule has 1 amide bonds. The summed E-state index contributed by atoms with van der Waals surface area (Å²) < 4.78 is 30.9. The molecular weight excluding hydrogens is 480 g/mol. The third-order valence-electron chi connectivity index (χ3n) is 6.57. The number of aromatic nitrogens is 2. The third kappa shape index (κ3) is 5.46. The highest BCUT2D eigenvalue weighted by Crippen LogP contribution is 2.40. The van der Waals surface area contributed by atoms with Crippen molar-refractivity contribution < 1.29 is 18.7 Å². The normalized spacial score (nSPS) is 24.5. The first-order chi connectivity index (χ1) is 16.7. The number of halogens is 3. The van der Waals surface area contributed by atoms with E-state index in [-0.39, 0.29) is 52.6 Å². The Morgan fingerprint density at radius 2 is 1.89 bits per heavy atom. The number of anilines is 2. The largest absolute Gasteiger partial charge is 0.393 e. The lowest BCUT2D eigenvalue weighted by Gasteiger charge is -2.32. The molecule has 188 valence electrons. The van der Waals surface area contributed by atoms with E-state index in [0.29, 0.717) is 50.0 Å². The van der Waals surface area contributed by atoms with Gasteiger partial charge in [-0.05, 0) is 64.3 Å². The van der Waals surface area contributed by atoms with Gasteiger partial charge in [0.05, 0.1) is 11.8 Å². The van der Waals surface area contributed by atoms with E-state index < -0.39 is 11.6 Å². The molecule has 1 aromatic heterocycles. The van der Waals surface area contributed by atoms with Gasteiger partial charge in [0, 0.05) is 23.0 Å². The zero-order chi connectivity index (χ0) is 25.3. The molecule has 1 aromatic carbocycles. The highest BCUT2D eigenvalue weighted by molar-refractivity contribution is 6.30. The number of amides is 1. The fraction of sp³-hybridized carbons (Fsp3) is 0.478. The lowest BCUT2D eigenvalue weighted by Crippen LogP contribution is -2.46. The Morgan fingerprint density at radius 1 is 1.26 bits per heavy atom. The summed E-state index contributed by atoms with van der Waals surface area (Å²) in [4.78, 5) is 24.8. The Hall–Kier alpha value is -3.05. The number of aliphatic hydroxyl groups is 1. The van der Waals surface area contributed by atoms with Crippen LogP contribution in [0.2, 0.25) is 5.02 Å². The van der Waals surface area contributed by atoms with Gasteiger partial charge in [0.1, 0.15) is 5.69 Å². The molecule has 2 fully saturated rings. The maximum absolute atomic E-state index is 14.5. The lowest BCUT2D eigenvalue weighted by molar-refractivity contribution is -0.122. The molecule has 0 saturated heterocycles. The summed E-state index contributed by atoms with van der Waals surface area (Å²) in [6.45, 7) is 5.31. The van der Waals surface area contributed by atoms with E-state index in [1.54, 1.807) is 11.5 Å². The number of carbonyl (C=O) groups excluding carboxylic acids is 1. The molecule has 0 radical (unpaired) electrons. The minimum atomic E-state index is -0.858. The van der Waals surface area contributed by atoms with Gasteiger partial charge in [-0.1, -0.05) is 11.6 Å². The van der Waals surface area contributed by atoms with Crippen LogP contribution in [-0.4, -0.2) is 45.4 Å². The van der Waals surface area contributed by atoms with Gasteiger partial charge in [-0.15, -0.1) is 0 Å². The summed E-state index contributed by atoms with van der Waals surface area (Å²) in [5.74, 6) is -1.37. The molecule has 12 heteroatoms. The zero-order valence-electron chi connectivity index (χ0n) is 19.3. The molecule has 4 rings (SSSR count). The highest BCUT2D eigenvalue weighted by Gasteiger charge is 2.31. The Kier molecular flexibility index (Phi) is 7.36. The van der Waals surface area contributed by atoms with Crippen LogP contribution in [0.3, 0.4) is 0 Å². The SMILES string of the molecule is C=N/C(=N\c1c(C)nc(Nc2c(F)cc(Cl)cc2F)n1[C@H]1CC[C@@H](C(N)=O)CC1)N[C@H]1C[C@@H](O)C1. The molecule has 2 aliphatic rings. The number of nitrogens with zero attached hydrogens (tertiary/aromatic N) is 4. The minimum Gasteiger partial charge on any atom is -0.393 e. The number of rotatable bonds is 6. The van der Waals surface area contributed by atoms with Gasteiger partial charge in [0.15, 0.2) is 17.5 Å². The fourth-order valence-corrected chi connectivity index (χ4v) is 4.79. The van der Waals surface area contributed by atoms with Crippen molar-refractivity contribution in [2.24, 2.45) is 21.6 Å². The summed E-state index contributed by atoms with van der Waals surface area (Å²) >= 11 is 5.76. The number of hydrogen-bond acceptors (Lipinski definition) is 5. The van der Waals surface area contributed by atoms with Crippen molar-refractivity contribution in [3.05, 3.63) is 34.5 Å². The molecule has 2 saturated carbocycles. The molecule has 1 heterocycles. The van der Waals surface area contributed by atoms with Crippen LogP contribution < -0.4 is 16.4 Å². The van der Waals surface area contributed by atoms with Gasteiger partial charge in [0.25, 0.3) is 0 Å². The van der Waals surface area contributed by atoms with E-state index in [1.807, 2.05) is 0 Å². The van der Waals surface area contributed by atoms with Crippen LogP contribution in [0.4, 0.5) is 26.2 Å².